The first-order chi connectivity index (χ1) is 7.65. The van der Waals surface area contributed by atoms with Crippen molar-refractivity contribution in [2.75, 3.05) is 19.6 Å². The molecule has 0 N–H and O–H groups in total. The van der Waals surface area contributed by atoms with Gasteiger partial charge in [-0.1, -0.05) is 13.8 Å². The van der Waals surface area contributed by atoms with E-state index in [1.54, 1.807) is 4.68 Å². The van der Waals surface area contributed by atoms with Gasteiger partial charge in [0.25, 0.3) is 0 Å². The van der Waals surface area contributed by atoms with Crippen molar-refractivity contribution in [3.63, 3.8) is 0 Å². The van der Waals surface area contributed by atoms with Gasteiger partial charge in [-0.2, -0.15) is 5.10 Å². The lowest BCUT2D eigenvalue weighted by atomic mass is 10.1. The van der Waals surface area contributed by atoms with Crippen molar-refractivity contribution in [2.24, 2.45) is 7.05 Å². The first-order valence-corrected chi connectivity index (χ1v) is 5.88. The Labute approximate surface area is 97.2 Å². The van der Waals surface area contributed by atoms with E-state index in [0.29, 0.717) is 12.8 Å². The summed E-state index contributed by atoms with van der Waals surface area (Å²) in [5, 5.41) is 4.20. The van der Waals surface area contributed by atoms with Crippen molar-refractivity contribution >= 4 is 5.78 Å². The van der Waals surface area contributed by atoms with Crippen LogP contribution in [0.5, 0.6) is 0 Å². The highest BCUT2D eigenvalue weighted by atomic mass is 16.1. The first-order valence-electron chi connectivity index (χ1n) is 5.88. The monoisotopic (exact) mass is 223 g/mol. The molecule has 0 amide bonds. The summed E-state index contributed by atoms with van der Waals surface area (Å²) in [5.41, 5.74) is 0.868. The molecule has 1 aromatic rings. The molecule has 0 bridgehead atoms. The van der Waals surface area contributed by atoms with Gasteiger partial charge in [-0.15, -0.1) is 0 Å². The van der Waals surface area contributed by atoms with Crippen LogP contribution in [0.3, 0.4) is 0 Å². The van der Waals surface area contributed by atoms with Crippen LogP contribution in [0.2, 0.25) is 0 Å². The van der Waals surface area contributed by atoms with Gasteiger partial charge in [-0.05, 0) is 19.2 Å². The highest BCUT2D eigenvalue weighted by Gasteiger charge is 2.08. The number of carbonyl (C=O) groups excluding carboxylic acids is 1. The number of hydrogen-bond donors (Lipinski definition) is 0. The number of Topliss-reactive ketones (excluding diaryl/α,β-unsaturated/α-hetero) is 1. The molecule has 0 aliphatic rings. The Balaban J connectivity index is 2.31. The highest BCUT2D eigenvalue weighted by molar-refractivity contribution is 5.80. The van der Waals surface area contributed by atoms with Gasteiger partial charge in [-0.3, -0.25) is 9.48 Å². The summed E-state index contributed by atoms with van der Waals surface area (Å²) in [6, 6.07) is 1.90. The van der Waals surface area contributed by atoms with Crippen LogP contribution in [0.25, 0.3) is 0 Å². The van der Waals surface area contributed by atoms with Crippen molar-refractivity contribution in [1.82, 2.24) is 14.7 Å². The Hall–Kier alpha value is -1.16. The van der Waals surface area contributed by atoms with Gasteiger partial charge >= 0.3 is 0 Å². The molecular formula is C12H21N3O. The number of aryl methyl sites for hydroxylation is 1. The first kappa shape index (κ1) is 12.9. The molecule has 0 aliphatic heterocycles. The zero-order valence-electron chi connectivity index (χ0n) is 10.4. The molecule has 90 valence electrons. The van der Waals surface area contributed by atoms with Gasteiger partial charge < -0.3 is 4.90 Å². The van der Waals surface area contributed by atoms with E-state index in [0.717, 1.165) is 25.3 Å². The molecule has 0 saturated carbocycles. The Morgan fingerprint density at radius 1 is 1.44 bits per heavy atom. The van der Waals surface area contributed by atoms with Crippen LogP contribution in [0.15, 0.2) is 12.3 Å². The predicted molar refractivity (Wildman–Crippen MR) is 64.3 cm³/mol. The lowest BCUT2D eigenvalue weighted by Crippen LogP contribution is -2.26. The number of aromatic nitrogens is 2. The maximum atomic E-state index is 11.7. The maximum Gasteiger partial charge on any atom is 0.140 e. The van der Waals surface area contributed by atoms with Crippen LogP contribution >= 0.6 is 0 Å². The fourth-order valence-corrected chi connectivity index (χ4v) is 1.67. The van der Waals surface area contributed by atoms with E-state index in [1.165, 1.54) is 0 Å². The third-order valence-corrected chi connectivity index (χ3v) is 2.75. The van der Waals surface area contributed by atoms with E-state index < -0.39 is 0 Å². The molecule has 0 spiro atoms. The quantitative estimate of drug-likeness (QED) is 0.698. The second-order valence-corrected chi connectivity index (χ2v) is 3.97. The van der Waals surface area contributed by atoms with Crippen LogP contribution in [-0.2, 0) is 18.3 Å². The van der Waals surface area contributed by atoms with Crippen molar-refractivity contribution in [3.8, 4) is 0 Å². The standard InChI is InChI=1S/C12H21N3O/c1-4-15(5-2)9-7-12(16)10-11-6-8-14(3)13-11/h6,8H,4-5,7,9-10H2,1-3H3. The summed E-state index contributed by atoms with van der Waals surface area (Å²) in [4.78, 5) is 13.9. The largest absolute Gasteiger partial charge is 0.303 e. The molecule has 1 heterocycles. The van der Waals surface area contributed by atoms with Gasteiger partial charge in [-0.25, -0.2) is 0 Å². The molecule has 0 saturated heterocycles. The van der Waals surface area contributed by atoms with E-state index in [4.69, 9.17) is 0 Å². The number of nitrogens with zero attached hydrogens (tertiary/aromatic N) is 3. The number of ketones is 1. The SMILES string of the molecule is CCN(CC)CCC(=O)Cc1ccn(C)n1. The van der Waals surface area contributed by atoms with Gasteiger partial charge in [0.1, 0.15) is 5.78 Å². The van der Waals surface area contributed by atoms with Crippen LogP contribution in [0.1, 0.15) is 26.0 Å². The van der Waals surface area contributed by atoms with Crippen LogP contribution < -0.4 is 0 Å². The zero-order chi connectivity index (χ0) is 12.0. The van der Waals surface area contributed by atoms with Gasteiger partial charge in [0.2, 0.25) is 0 Å². The molecule has 1 rings (SSSR count). The number of hydrogen-bond acceptors (Lipinski definition) is 3. The van der Waals surface area contributed by atoms with Crippen LogP contribution in [0, 0.1) is 0 Å². The predicted octanol–water partition coefficient (Wildman–Crippen LogP) is 1.26. The molecule has 0 atom stereocenters. The van der Waals surface area contributed by atoms with E-state index in [9.17, 15) is 4.79 Å². The second kappa shape index (κ2) is 6.43. The molecule has 0 unspecified atom stereocenters. The minimum Gasteiger partial charge on any atom is -0.303 e. The summed E-state index contributed by atoms with van der Waals surface area (Å²) in [7, 11) is 1.86. The van der Waals surface area contributed by atoms with E-state index in [2.05, 4.69) is 23.8 Å². The third kappa shape index (κ3) is 4.14. The summed E-state index contributed by atoms with van der Waals surface area (Å²) in [6.07, 6.45) is 2.95. The molecule has 0 radical (unpaired) electrons. The van der Waals surface area contributed by atoms with Crippen LogP contribution in [0.4, 0.5) is 0 Å². The molecule has 1 aromatic heterocycles. The fraction of sp³-hybridized carbons (Fsp3) is 0.667. The molecule has 0 aliphatic carbocycles. The highest BCUT2D eigenvalue weighted by Crippen LogP contribution is 2.00. The van der Waals surface area contributed by atoms with Crippen molar-refractivity contribution < 1.29 is 4.79 Å². The van der Waals surface area contributed by atoms with Gasteiger partial charge in [0, 0.05) is 26.2 Å². The summed E-state index contributed by atoms with van der Waals surface area (Å²) < 4.78 is 1.73. The average molecular weight is 223 g/mol. The number of carbonyl (C=O) groups is 1. The molecule has 4 heteroatoms. The lowest BCUT2D eigenvalue weighted by molar-refractivity contribution is -0.118. The maximum absolute atomic E-state index is 11.7. The number of rotatable bonds is 7. The van der Waals surface area contributed by atoms with Crippen molar-refractivity contribution in [2.45, 2.75) is 26.7 Å². The van der Waals surface area contributed by atoms with Gasteiger partial charge in [0.15, 0.2) is 0 Å². The third-order valence-electron chi connectivity index (χ3n) is 2.75. The van der Waals surface area contributed by atoms with E-state index in [1.807, 2.05) is 19.3 Å². The van der Waals surface area contributed by atoms with E-state index in [-0.39, 0.29) is 5.78 Å². The second-order valence-electron chi connectivity index (χ2n) is 3.97. The Bertz CT molecular complexity index is 329. The average Bonchev–Trinajstić information content (AvgIpc) is 2.65. The molecular weight excluding hydrogens is 202 g/mol. The Kier molecular flexibility index (Phi) is 5.19. The van der Waals surface area contributed by atoms with Crippen LogP contribution in [-0.4, -0.2) is 40.1 Å². The topological polar surface area (TPSA) is 38.1 Å². The van der Waals surface area contributed by atoms with Gasteiger partial charge in [0.05, 0.1) is 12.1 Å². The Morgan fingerprint density at radius 3 is 2.62 bits per heavy atom. The minimum atomic E-state index is 0.269. The zero-order valence-corrected chi connectivity index (χ0v) is 10.4. The van der Waals surface area contributed by atoms with Crippen molar-refractivity contribution in [3.05, 3.63) is 18.0 Å². The molecule has 16 heavy (non-hydrogen) atoms. The Morgan fingerprint density at radius 2 is 2.12 bits per heavy atom. The summed E-state index contributed by atoms with van der Waals surface area (Å²) in [5.74, 6) is 0.269. The molecule has 0 fully saturated rings. The normalized spacial score (nSPS) is 11.0. The van der Waals surface area contributed by atoms with Crippen molar-refractivity contribution in [1.29, 1.82) is 0 Å². The fourth-order valence-electron chi connectivity index (χ4n) is 1.67. The summed E-state index contributed by atoms with van der Waals surface area (Å²) >= 11 is 0. The molecule has 4 nitrogen and oxygen atoms in total. The smallest absolute Gasteiger partial charge is 0.140 e. The molecule has 0 aromatic carbocycles. The lowest BCUT2D eigenvalue weighted by Gasteiger charge is -2.16. The van der Waals surface area contributed by atoms with E-state index >= 15 is 0 Å². The minimum absolute atomic E-state index is 0.269. The summed E-state index contributed by atoms with van der Waals surface area (Å²) in [6.45, 7) is 7.11.